The van der Waals surface area contributed by atoms with Crippen LogP contribution >= 0.6 is 0 Å². The van der Waals surface area contributed by atoms with Crippen molar-refractivity contribution in [3.05, 3.63) is 54.1 Å². The second-order valence-corrected chi connectivity index (χ2v) is 6.74. The largest absolute Gasteiger partial charge is 0.497 e. The number of rotatable bonds is 8. The first-order valence-electron chi connectivity index (χ1n) is 9.55. The molecule has 7 heteroatoms. The Morgan fingerprint density at radius 1 is 1.17 bits per heavy atom. The van der Waals surface area contributed by atoms with E-state index < -0.39 is 18.0 Å². The Balaban J connectivity index is 1.49. The predicted octanol–water partition coefficient (Wildman–Crippen LogP) is 3.44. The zero-order valence-electron chi connectivity index (χ0n) is 16.6. The van der Waals surface area contributed by atoms with Gasteiger partial charge in [0, 0.05) is 18.4 Å². The van der Waals surface area contributed by atoms with Gasteiger partial charge in [0.05, 0.1) is 18.8 Å². The summed E-state index contributed by atoms with van der Waals surface area (Å²) in [5.41, 5.74) is 0.903. The van der Waals surface area contributed by atoms with Gasteiger partial charge in [0.25, 0.3) is 5.91 Å². The SMILES string of the molecule is COc1cccc(NC(=O)[C@@H](C)OC(=O)c2ccc(OC[C@H]3CCCO3)cc2)c1. The number of ether oxygens (including phenoxy) is 4. The van der Waals surface area contributed by atoms with Crippen molar-refractivity contribution in [1.82, 2.24) is 0 Å². The Kier molecular flexibility index (Phi) is 7.08. The van der Waals surface area contributed by atoms with Crippen LogP contribution in [0.3, 0.4) is 0 Å². The van der Waals surface area contributed by atoms with Gasteiger partial charge in [-0.1, -0.05) is 6.07 Å². The van der Waals surface area contributed by atoms with E-state index in [9.17, 15) is 9.59 Å². The van der Waals surface area contributed by atoms with Crippen molar-refractivity contribution in [1.29, 1.82) is 0 Å². The summed E-state index contributed by atoms with van der Waals surface area (Å²) in [6, 6.07) is 13.6. The van der Waals surface area contributed by atoms with E-state index in [0.29, 0.717) is 29.4 Å². The number of nitrogens with one attached hydrogen (secondary N) is 1. The fraction of sp³-hybridized carbons (Fsp3) is 0.364. The zero-order chi connectivity index (χ0) is 20.6. The molecule has 0 aliphatic carbocycles. The topological polar surface area (TPSA) is 83.1 Å². The molecule has 2 aromatic carbocycles. The predicted molar refractivity (Wildman–Crippen MR) is 107 cm³/mol. The van der Waals surface area contributed by atoms with E-state index in [1.54, 1.807) is 55.6 Å². The standard InChI is InChI=1S/C22H25NO6/c1-15(21(24)23-17-5-3-6-19(13-17)26-2)29-22(25)16-8-10-18(11-9-16)28-14-20-7-4-12-27-20/h3,5-6,8-11,13,15,20H,4,7,12,14H2,1-2H3,(H,23,24)/t15-,20-/m1/s1. The van der Waals surface area contributed by atoms with Gasteiger partial charge in [0.15, 0.2) is 6.10 Å². The highest BCUT2D eigenvalue weighted by atomic mass is 16.5. The number of carbonyl (C=O) groups is 2. The molecule has 0 spiro atoms. The van der Waals surface area contributed by atoms with Crippen LogP contribution in [-0.2, 0) is 14.3 Å². The van der Waals surface area contributed by atoms with Crippen LogP contribution in [0.5, 0.6) is 11.5 Å². The average Bonchev–Trinajstić information content (AvgIpc) is 3.26. The third-order valence-corrected chi connectivity index (χ3v) is 4.54. The molecule has 2 atom stereocenters. The van der Waals surface area contributed by atoms with Crippen LogP contribution in [0.2, 0.25) is 0 Å². The molecular weight excluding hydrogens is 374 g/mol. The van der Waals surface area contributed by atoms with Gasteiger partial charge in [-0.3, -0.25) is 4.79 Å². The van der Waals surface area contributed by atoms with E-state index in [-0.39, 0.29) is 6.10 Å². The van der Waals surface area contributed by atoms with Gasteiger partial charge in [-0.25, -0.2) is 4.79 Å². The number of esters is 1. The number of hydrogen-bond acceptors (Lipinski definition) is 6. The Hall–Kier alpha value is -3.06. The first-order valence-corrected chi connectivity index (χ1v) is 9.55. The lowest BCUT2D eigenvalue weighted by Gasteiger charge is -2.14. The molecule has 1 saturated heterocycles. The lowest BCUT2D eigenvalue weighted by atomic mass is 10.2. The maximum absolute atomic E-state index is 12.3. The van der Waals surface area contributed by atoms with Crippen molar-refractivity contribution in [2.75, 3.05) is 25.6 Å². The Morgan fingerprint density at radius 3 is 2.66 bits per heavy atom. The highest BCUT2D eigenvalue weighted by Crippen LogP contribution is 2.19. The van der Waals surface area contributed by atoms with E-state index >= 15 is 0 Å². The number of carbonyl (C=O) groups excluding carboxylic acids is 2. The molecule has 1 aliphatic rings. The fourth-order valence-electron chi connectivity index (χ4n) is 2.88. The normalized spacial score (nSPS) is 16.7. The molecular formula is C22H25NO6. The third-order valence-electron chi connectivity index (χ3n) is 4.54. The molecule has 0 saturated carbocycles. The van der Waals surface area contributed by atoms with Crippen LogP contribution in [0.15, 0.2) is 48.5 Å². The molecule has 1 aliphatic heterocycles. The fourth-order valence-corrected chi connectivity index (χ4v) is 2.88. The number of methoxy groups -OCH3 is 1. The summed E-state index contributed by atoms with van der Waals surface area (Å²) in [5.74, 6) is 0.266. The minimum absolute atomic E-state index is 0.128. The zero-order valence-corrected chi connectivity index (χ0v) is 16.6. The minimum Gasteiger partial charge on any atom is -0.497 e. The highest BCUT2D eigenvalue weighted by molar-refractivity contribution is 5.97. The lowest BCUT2D eigenvalue weighted by Crippen LogP contribution is -2.30. The Labute approximate surface area is 169 Å². The van der Waals surface area contributed by atoms with Gasteiger partial charge in [-0.05, 0) is 56.2 Å². The van der Waals surface area contributed by atoms with Crippen molar-refractivity contribution in [3.8, 4) is 11.5 Å². The van der Waals surface area contributed by atoms with E-state index in [1.165, 1.54) is 6.92 Å². The van der Waals surface area contributed by atoms with E-state index in [2.05, 4.69) is 5.32 Å². The summed E-state index contributed by atoms with van der Waals surface area (Å²) in [5, 5.41) is 2.70. The van der Waals surface area contributed by atoms with Gasteiger partial charge in [0.2, 0.25) is 0 Å². The van der Waals surface area contributed by atoms with Gasteiger partial charge in [-0.2, -0.15) is 0 Å². The molecule has 0 bridgehead atoms. The summed E-state index contributed by atoms with van der Waals surface area (Å²) in [6.07, 6.45) is 1.23. The lowest BCUT2D eigenvalue weighted by molar-refractivity contribution is -0.123. The molecule has 0 aromatic heterocycles. The molecule has 7 nitrogen and oxygen atoms in total. The average molecular weight is 399 g/mol. The van der Waals surface area contributed by atoms with Gasteiger partial charge >= 0.3 is 5.97 Å². The monoisotopic (exact) mass is 399 g/mol. The van der Waals surface area contributed by atoms with Crippen molar-refractivity contribution in [2.45, 2.75) is 32.0 Å². The number of benzene rings is 2. The number of hydrogen-bond donors (Lipinski definition) is 1. The van der Waals surface area contributed by atoms with Crippen molar-refractivity contribution < 1.29 is 28.5 Å². The van der Waals surface area contributed by atoms with E-state index in [4.69, 9.17) is 18.9 Å². The van der Waals surface area contributed by atoms with Crippen LogP contribution < -0.4 is 14.8 Å². The van der Waals surface area contributed by atoms with Crippen molar-refractivity contribution in [2.24, 2.45) is 0 Å². The highest BCUT2D eigenvalue weighted by Gasteiger charge is 2.20. The third kappa shape index (κ3) is 5.96. The molecule has 1 fully saturated rings. The summed E-state index contributed by atoms with van der Waals surface area (Å²) in [6.45, 7) is 2.79. The quantitative estimate of drug-likeness (QED) is 0.685. The summed E-state index contributed by atoms with van der Waals surface area (Å²) < 4.78 is 21.6. The number of amides is 1. The molecule has 0 radical (unpaired) electrons. The molecule has 1 N–H and O–H groups in total. The maximum Gasteiger partial charge on any atom is 0.338 e. The van der Waals surface area contributed by atoms with Crippen molar-refractivity contribution >= 4 is 17.6 Å². The molecule has 2 aromatic rings. The summed E-state index contributed by atoms with van der Waals surface area (Å²) in [7, 11) is 1.55. The Morgan fingerprint density at radius 2 is 1.97 bits per heavy atom. The van der Waals surface area contributed by atoms with Crippen LogP contribution in [0, 0.1) is 0 Å². The van der Waals surface area contributed by atoms with E-state index in [1.807, 2.05) is 0 Å². The van der Waals surface area contributed by atoms with Crippen LogP contribution in [-0.4, -0.2) is 44.4 Å². The van der Waals surface area contributed by atoms with Crippen molar-refractivity contribution in [3.63, 3.8) is 0 Å². The van der Waals surface area contributed by atoms with Gasteiger partial charge in [-0.15, -0.1) is 0 Å². The minimum atomic E-state index is -0.954. The van der Waals surface area contributed by atoms with Crippen LogP contribution in [0.4, 0.5) is 5.69 Å². The van der Waals surface area contributed by atoms with Gasteiger partial charge in [0.1, 0.15) is 18.1 Å². The Bertz CT molecular complexity index is 829. The molecule has 0 unspecified atom stereocenters. The smallest absolute Gasteiger partial charge is 0.338 e. The number of anilines is 1. The maximum atomic E-state index is 12.3. The molecule has 154 valence electrons. The second-order valence-electron chi connectivity index (χ2n) is 6.74. The molecule has 3 rings (SSSR count). The second kappa shape index (κ2) is 9.93. The molecule has 1 amide bonds. The summed E-state index contributed by atoms with van der Waals surface area (Å²) >= 11 is 0. The molecule has 1 heterocycles. The molecule has 29 heavy (non-hydrogen) atoms. The van der Waals surface area contributed by atoms with Crippen LogP contribution in [0.1, 0.15) is 30.1 Å². The first kappa shape index (κ1) is 20.7. The van der Waals surface area contributed by atoms with E-state index in [0.717, 1.165) is 19.4 Å². The van der Waals surface area contributed by atoms with Gasteiger partial charge < -0.3 is 24.3 Å². The van der Waals surface area contributed by atoms with Crippen LogP contribution in [0.25, 0.3) is 0 Å². The first-order chi connectivity index (χ1) is 14.0. The summed E-state index contributed by atoms with van der Waals surface area (Å²) in [4.78, 5) is 24.6.